The molecule has 1 aromatic heterocycles. The first kappa shape index (κ1) is 16.8. The highest BCUT2D eigenvalue weighted by atomic mass is 35.5. The Morgan fingerprint density at radius 2 is 2.32 bits per heavy atom. The smallest absolute Gasteiger partial charge is 0.262 e. The Bertz CT molecular complexity index is 755. The third-order valence-electron chi connectivity index (χ3n) is 3.07. The molecule has 22 heavy (non-hydrogen) atoms. The number of hydrogen-bond donors (Lipinski definition) is 0. The molecule has 0 bridgehead atoms. The van der Waals surface area contributed by atoms with Crippen molar-refractivity contribution >= 4 is 34.3 Å². The largest absolute Gasteiger partial charge is 0.383 e. The molecule has 0 aliphatic rings. The van der Waals surface area contributed by atoms with E-state index in [1.54, 1.807) is 29.9 Å². The second-order valence-electron chi connectivity index (χ2n) is 4.62. The van der Waals surface area contributed by atoms with Gasteiger partial charge in [0.15, 0.2) is 5.16 Å². The van der Waals surface area contributed by atoms with Crippen molar-refractivity contribution in [1.29, 1.82) is 5.26 Å². The van der Waals surface area contributed by atoms with E-state index >= 15 is 0 Å². The summed E-state index contributed by atoms with van der Waals surface area (Å²) < 4.78 is 6.69. The van der Waals surface area contributed by atoms with Gasteiger partial charge in [-0.3, -0.25) is 9.36 Å². The molecule has 0 radical (unpaired) electrons. The Hall–Kier alpha value is -1.55. The number of unbranched alkanes of at least 4 members (excludes halogenated alkanes) is 1. The molecule has 0 saturated carbocycles. The molecule has 2 aromatic rings. The lowest BCUT2D eigenvalue weighted by molar-refractivity contribution is 0.183. The summed E-state index contributed by atoms with van der Waals surface area (Å²) in [4.78, 5) is 17.2. The van der Waals surface area contributed by atoms with Crippen molar-refractivity contribution in [1.82, 2.24) is 9.55 Å². The van der Waals surface area contributed by atoms with Crippen molar-refractivity contribution in [2.45, 2.75) is 24.5 Å². The first-order valence-electron chi connectivity index (χ1n) is 6.86. The zero-order valence-electron chi connectivity index (χ0n) is 12.2. The van der Waals surface area contributed by atoms with Gasteiger partial charge < -0.3 is 4.74 Å². The number of benzene rings is 1. The molecular weight excluding hydrogens is 322 g/mol. The summed E-state index contributed by atoms with van der Waals surface area (Å²) in [6, 6.07) is 7.19. The SMILES string of the molecule is COCCn1c(SCCCC#N)nc2cc(Cl)ccc2c1=O. The molecule has 0 saturated heterocycles. The van der Waals surface area contributed by atoms with Crippen LogP contribution in [0.15, 0.2) is 28.2 Å². The Labute approximate surface area is 137 Å². The van der Waals surface area contributed by atoms with Gasteiger partial charge in [-0.2, -0.15) is 5.26 Å². The summed E-state index contributed by atoms with van der Waals surface area (Å²) in [5, 5.41) is 10.3. The van der Waals surface area contributed by atoms with E-state index in [2.05, 4.69) is 11.1 Å². The third kappa shape index (κ3) is 4.01. The fraction of sp³-hybridized carbons (Fsp3) is 0.400. The Balaban J connectivity index is 2.41. The fourth-order valence-corrected chi connectivity index (χ4v) is 3.11. The van der Waals surface area contributed by atoms with Crippen LogP contribution in [0.25, 0.3) is 10.9 Å². The Kier molecular flexibility index (Phi) is 6.25. The molecule has 0 aliphatic heterocycles. The zero-order valence-corrected chi connectivity index (χ0v) is 13.8. The number of fused-ring (bicyclic) bond motifs is 1. The van der Waals surface area contributed by atoms with Crippen LogP contribution in [0.3, 0.4) is 0 Å². The van der Waals surface area contributed by atoms with E-state index in [1.165, 1.54) is 11.8 Å². The van der Waals surface area contributed by atoms with Gasteiger partial charge in [0.25, 0.3) is 5.56 Å². The number of thioether (sulfide) groups is 1. The highest BCUT2D eigenvalue weighted by molar-refractivity contribution is 7.99. The van der Waals surface area contributed by atoms with E-state index in [-0.39, 0.29) is 5.56 Å². The van der Waals surface area contributed by atoms with E-state index in [0.717, 1.165) is 12.2 Å². The van der Waals surface area contributed by atoms with Crippen LogP contribution in [0.4, 0.5) is 0 Å². The number of aromatic nitrogens is 2. The predicted octanol–water partition coefficient (Wildman–Crippen LogP) is 3.09. The summed E-state index contributed by atoms with van der Waals surface area (Å²) in [7, 11) is 1.60. The van der Waals surface area contributed by atoms with Gasteiger partial charge in [-0.15, -0.1) is 0 Å². The average molecular weight is 338 g/mol. The van der Waals surface area contributed by atoms with Crippen molar-refractivity contribution in [3.8, 4) is 6.07 Å². The van der Waals surface area contributed by atoms with Gasteiger partial charge in [-0.05, 0) is 24.6 Å². The number of methoxy groups -OCH3 is 1. The lowest BCUT2D eigenvalue weighted by Gasteiger charge is -2.12. The monoisotopic (exact) mass is 337 g/mol. The normalized spacial score (nSPS) is 10.8. The highest BCUT2D eigenvalue weighted by Crippen LogP contribution is 2.21. The molecule has 116 valence electrons. The van der Waals surface area contributed by atoms with Gasteiger partial charge in [0.05, 0.1) is 30.1 Å². The molecule has 0 unspecified atom stereocenters. The molecule has 0 fully saturated rings. The van der Waals surface area contributed by atoms with Crippen LogP contribution in [-0.4, -0.2) is 29.0 Å². The molecule has 0 amide bonds. The molecule has 2 rings (SSSR count). The van der Waals surface area contributed by atoms with Gasteiger partial charge >= 0.3 is 0 Å². The maximum Gasteiger partial charge on any atom is 0.262 e. The molecule has 0 aliphatic carbocycles. The molecule has 5 nitrogen and oxygen atoms in total. The second kappa shape index (κ2) is 8.18. The van der Waals surface area contributed by atoms with Gasteiger partial charge in [-0.25, -0.2) is 4.98 Å². The van der Waals surface area contributed by atoms with E-state index in [1.807, 2.05) is 0 Å². The minimum atomic E-state index is -0.0958. The number of ether oxygens (including phenoxy) is 1. The standard InChI is InChI=1S/C15H16ClN3O2S/c1-21-8-7-19-14(20)12-5-4-11(16)10-13(12)18-15(19)22-9-3-2-6-17/h4-5,10H,2-3,7-9H2,1H3. The molecule has 0 atom stereocenters. The lowest BCUT2D eigenvalue weighted by Crippen LogP contribution is -2.25. The van der Waals surface area contributed by atoms with Gasteiger partial charge in [-0.1, -0.05) is 23.4 Å². The average Bonchev–Trinajstić information content (AvgIpc) is 2.51. The van der Waals surface area contributed by atoms with Crippen LogP contribution >= 0.6 is 23.4 Å². The van der Waals surface area contributed by atoms with Gasteiger partial charge in [0.1, 0.15) is 0 Å². The summed E-state index contributed by atoms with van der Waals surface area (Å²) in [6.07, 6.45) is 1.25. The topological polar surface area (TPSA) is 67.9 Å². The van der Waals surface area contributed by atoms with Crippen molar-refractivity contribution in [2.24, 2.45) is 0 Å². The second-order valence-corrected chi connectivity index (χ2v) is 6.11. The van der Waals surface area contributed by atoms with Crippen molar-refractivity contribution in [3.63, 3.8) is 0 Å². The van der Waals surface area contributed by atoms with E-state index in [0.29, 0.717) is 40.7 Å². The third-order valence-corrected chi connectivity index (χ3v) is 4.36. The molecule has 1 heterocycles. The summed E-state index contributed by atoms with van der Waals surface area (Å²) in [5.74, 6) is 0.735. The minimum absolute atomic E-state index is 0.0958. The minimum Gasteiger partial charge on any atom is -0.383 e. The first-order valence-corrected chi connectivity index (χ1v) is 8.22. The van der Waals surface area contributed by atoms with Crippen molar-refractivity contribution in [2.75, 3.05) is 19.5 Å². The molecule has 0 N–H and O–H groups in total. The number of halogens is 1. The van der Waals surface area contributed by atoms with Crippen LogP contribution in [0.1, 0.15) is 12.8 Å². The molecular formula is C15H16ClN3O2S. The quantitative estimate of drug-likeness (QED) is 0.441. The zero-order chi connectivity index (χ0) is 15.9. The number of nitrogens with zero attached hydrogens (tertiary/aromatic N) is 3. The van der Waals surface area contributed by atoms with E-state index in [9.17, 15) is 4.79 Å². The van der Waals surface area contributed by atoms with Crippen LogP contribution in [0.2, 0.25) is 5.02 Å². The number of rotatable bonds is 7. The lowest BCUT2D eigenvalue weighted by atomic mass is 10.2. The maximum atomic E-state index is 12.6. The van der Waals surface area contributed by atoms with Gasteiger partial charge in [0.2, 0.25) is 0 Å². The van der Waals surface area contributed by atoms with Crippen LogP contribution in [-0.2, 0) is 11.3 Å². The highest BCUT2D eigenvalue weighted by Gasteiger charge is 2.11. The number of nitriles is 1. The summed E-state index contributed by atoms with van der Waals surface area (Å²) >= 11 is 7.46. The summed E-state index contributed by atoms with van der Waals surface area (Å²) in [5.41, 5.74) is 0.496. The molecule has 1 aromatic carbocycles. The Morgan fingerprint density at radius 1 is 1.50 bits per heavy atom. The van der Waals surface area contributed by atoms with Crippen LogP contribution in [0, 0.1) is 11.3 Å². The molecule has 7 heteroatoms. The maximum absolute atomic E-state index is 12.6. The molecule has 0 spiro atoms. The Morgan fingerprint density at radius 3 is 3.05 bits per heavy atom. The number of hydrogen-bond acceptors (Lipinski definition) is 5. The fourth-order valence-electron chi connectivity index (χ4n) is 1.98. The van der Waals surface area contributed by atoms with Crippen LogP contribution in [0.5, 0.6) is 0 Å². The first-order chi connectivity index (χ1) is 10.7. The van der Waals surface area contributed by atoms with Crippen molar-refractivity contribution < 1.29 is 4.74 Å². The van der Waals surface area contributed by atoms with E-state index < -0.39 is 0 Å². The van der Waals surface area contributed by atoms with Crippen LogP contribution < -0.4 is 5.56 Å². The van der Waals surface area contributed by atoms with Gasteiger partial charge in [0, 0.05) is 24.3 Å². The summed E-state index contributed by atoms with van der Waals surface area (Å²) in [6.45, 7) is 0.883. The van der Waals surface area contributed by atoms with Crippen molar-refractivity contribution in [3.05, 3.63) is 33.6 Å². The predicted molar refractivity (Wildman–Crippen MR) is 88.5 cm³/mol. The van der Waals surface area contributed by atoms with E-state index in [4.69, 9.17) is 21.6 Å².